The molecule has 2 saturated carbocycles. The lowest BCUT2D eigenvalue weighted by molar-refractivity contribution is -0.0327. The van der Waals surface area contributed by atoms with Crippen LogP contribution in [0.5, 0.6) is 0 Å². The van der Waals surface area contributed by atoms with E-state index < -0.39 is 16.6 Å². The maximum absolute atomic E-state index is 10.5. The molecule has 2 fully saturated rings. The highest BCUT2D eigenvalue weighted by molar-refractivity contribution is 6.74. The van der Waals surface area contributed by atoms with E-state index in [4.69, 9.17) is 8.85 Å². The van der Waals surface area contributed by atoms with Gasteiger partial charge in [0.2, 0.25) is 0 Å². The summed E-state index contributed by atoms with van der Waals surface area (Å²) < 4.78 is 14.0. The first-order chi connectivity index (χ1) is 16.5. The molecule has 0 spiro atoms. The highest BCUT2D eigenvalue weighted by Crippen LogP contribution is 2.60. The molecule has 0 bridgehead atoms. The van der Waals surface area contributed by atoms with Gasteiger partial charge < -0.3 is 14.0 Å². The Hall–Kier alpha value is 0.314. The maximum Gasteiger partial charge on any atom is 0.192 e. The third kappa shape index (κ3) is 7.09. The van der Waals surface area contributed by atoms with Gasteiger partial charge in [-0.3, -0.25) is 0 Å². The van der Waals surface area contributed by atoms with Crippen LogP contribution in [0.2, 0.25) is 36.3 Å². The zero-order valence-corrected chi connectivity index (χ0v) is 28.4. The molecule has 2 aliphatic carbocycles. The van der Waals surface area contributed by atoms with Gasteiger partial charge in [0, 0.05) is 12.7 Å². The standard InChI is InChI=1S/C31H64O3Si2/c1-13-36(14-2,15-3)34-30(8,9)22-20-25(23-32)24(4)26-18-19-27-28(17-16-21-31(26,27)10)33-35(11,12)29(5,6)7/h24-28,32H,13-23H2,1-12H3/t24-,25-,26?,27-,28-,31+/m0/s1. The minimum atomic E-state index is -1.78. The Bertz CT molecular complexity index is 674. The third-order valence-corrected chi connectivity index (χ3v) is 20.9. The van der Waals surface area contributed by atoms with E-state index in [9.17, 15) is 5.11 Å². The van der Waals surface area contributed by atoms with Crippen molar-refractivity contribution in [3.05, 3.63) is 0 Å². The molecule has 1 unspecified atom stereocenters. The number of rotatable bonds is 13. The van der Waals surface area contributed by atoms with Crippen molar-refractivity contribution in [3.63, 3.8) is 0 Å². The Labute approximate surface area is 228 Å². The lowest BCUT2D eigenvalue weighted by atomic mass is 9.60. The molecule has 2 rings (SSSR count). The SMILES string of the molecule is CC[Si](CC)(CC)OC(C)(C)CC[C@@H](CO)[C@H](C)C1CC[C@H]2[C@@H](O[Si](C)(C)C(C)(C)C)CCC[C@]12C. The van der Waals surface area contributed by atoms with E-state index in [2.05, 4.69) is 82.3 Å². The summed E-state index contributed by atoms with van der Waals surface area (Å²) in [7, 11) is -3.41. The quantitative estimate of drug-likeness (QED) is 0.236. The molecule has 0 aromatic rings. The Kier molecular flexibility index (Phi) is 11.0. The molecule has 1 N–H and O–H groups in total. The highest BCUT2D eigenvalue weighted by atomic mass is 28.4. The van der Waals surface area contributed by atoms with Crippen LogP contribution in [0.3, 0.4) is 0 Å². The van der Waals surface area contributed by atoms with Crippen LogP contribution in [0.4, 0.5) is 0 Å². The molecule has 3 nitrogen and oxygen atoms in total. The zero-order chi connectivity index (χ0) is 27.6. The predicted molar refractivity (Wildman–Crippen MR) is 162 cm³/mol. The van der Waals surface area contributed by atoms with E-state index in [0.29, 0.717) is 41.8 Å². The maximum atomic E-state index is 10.5. The van der Waals surface area contributed by atoms with Gasteiger partial charge in [-0.15, -0.1) is 0 Å². The van der Waals surface area contributed by atoms with Crippen LogP contribution in [0.15, 0.2) is 0 Å². The topological polar surface area (TPSA) is 38.7 Å². The molecular weight excluding hydrogens is 477 g/mol. The van der Waals surface area contributed by atoms with Gasteiger partial charge in [0.25, 0.3) is 0 Å². The molecule has 0 aliphatic heterocycles. The van der Waals surface area contributed by atoms with E-state index in [1.165, 1.54) is 50.2 Å². The van der Waals surface area contributed by atoms with E-state index in [0.717, 1.165) is 12.8 Å². The van der Waals surface area contributed by atoms with Gasteiger partial charge in [-0.25, -0.2) is 0 Å². The summed E-state index contributed by atoms with van der Waals surface area (Å²) in [6, 6.07) is 3.59. The largest absolute Gasteiger partial charge is 0.414 e. The van der Waals surface area contributed by atoms with Gasteiger partial charge in [-0.05, 0) is 118 Å². The fraction of sp³-hybridized carbons (Fsp3) is 1.00. The molecule has 0 heterocycles. The first-order valence-electron chi connectivity index (χ1n) is 15.5. The molecule has 5 heteroatoms. The van der Waals surface area contributed by atoms with Crippen LogP contribution in [-0.2, 0) is 8.85 Å². The van der Waals surface area contributed by atoms with Gasteiger partial charge in [-0.2, -0.15) is 0 Å². The Morgan fingerprint density at radius 1 is 0.972 bits per heavy atom. The Morgan fingerprint density at radius 2 is 1.56 bits per heavy atom. The average Bonchev–Trinajstić information content (AvgIpc) is 3.14. The molecule has 0 radical (unpaired) electrons. The number of fused-ring (bicyclic) bond motifs is 1. The Balaban J connectivity index is 2.11. The van der Waals surface area contributed by atoms with Crippen LogP contribution in [0.25, 0.3) is 0 Å². The lowest BCUT2D eigenvalue weighted by Gasteiger charge is -2.50. The van der Waals surface area contributed by atoms with Crippen molar-refractivity contribution in [1.82, 2.24) is 0 Å². The fourth-order valence-corrected chi connectivity index (χ4v) is 12.3. The molecule has 2 aliphatic rings. The van der Waals surface area contributed by atoms with Crippen LogP contribution in [0, 0.1) is 29.1 Å². The predicted octanol–water partition coefficient (Wildman–Crippen LogP) is 9.42. The lowest BCUT2D eigenvalue weighted by Crippen LogP contribution is -2.50. The first-order valence-corrected chi connectivity index (χ1v) is 20.9. The van der Waals surface area contributed by atoms with Crippen molar-refractivity contribution >= 4 is 16.6 Å². The van der Waals surface area contributed by atoms with E-state index in [-0.39, 0.29) is 10.6 Å². The summed E-state index contributed by atoms with van der Waals surface area (Å²) in [4.78, 5) is 0. The summed E-state index contributed by atoms with van der Waals surface area (Å²) in [6.45, 7) is 28.8. The molecule has 36 heavy (non-hydrogen) atoms. The van der Waals surface area contributed by atoms with Gasteiger partial charge in [0.05, 0.1) is 5.60 Å². The number of aliphatic hydroxyl groups excluding tert-OH is 1. The highest BCUT2D eigenvalue weighted by Gasteiger charge is 2.55. The van der Waals surface area contributed by atoms with Gasteiger partial charge in [0.1, 0.15) is 0 Å². The van der Waals surface area contributed by atoms with Crippen molar-refractivity contribution in [1.29, 1.82) is 0 Å². The summed E-state index contributed by atoms with van der Waals surface area (Å²) in [6.07, 6.45) is 8.99. The van der Waals surface area contributed by atoms with Crippen molar-refractivity contribution in [2.24, 2.45) is 29.1 Å². The van der Waals surface area contributed by atoms with Gasteiger partial charge in [-0.1, -0.05) is 61.8 Å². The van der Waals surface area contributed by atoms with Crippen LogP contribution >= 0.6 is 0 Å². The van der Waals surface area contributed by atoms with Gasteiger partial charge in [0.15, 0.2) is 16.6 Å². The second-order valence-electron chi connectivity index (χ2n) is 15.1. The summed E-state index contributed by atoms with van der Waals surface area (Å²) in [5, 5.41) is 10.8. The molecule has 0 aromatic carbocycles. The smallest absolute Gasteiger partial charge is 0.192 e. The van der Waals surface area contributed by atoms with Crippen molar-refractivity contribution in [2.75, 3.05) is 6.61 Å². The zero-order valence-electron chi connectivity index (χ0n) is 26.4. The number of aliphatic hydroxyl groups is 1. The molecule has 0 saturated heterocycles. The molecule has 214 valence electrons. The number of hydrogen-bond donors (Lipinski definition) is 1. The normalized spacial score (nSPS) is 29.8. The second kappa shape index (κ2) is 12.2. The van der Waals surface area contributed by atoms with Crippen molar-refractivity contribution < 1.29 is 14.0 Å². The van der Waals surface area contributed by atoms with E-state index >= 15 is 0 Å². The molecule has 0 aromatic heterocycles. The first kappa shape index (κ1) is 32.5. The van der Waals surface area contributed by atoms with Crippen LogP contribution < -0.4 is 0 Å². The summed E-state index contributed by atoms with van der Waals surface area (Å²) in [5.41, 5.74) is 0.245. The van der Waals surface area contributed by atoms with E-state index in [1.54, 1.807) is 0 Å². The number of hydrogen-bond acceptors (Lipinski definition) is 3. The Morgan fingerprint density at radius 3 is 2.06 bits per heavy atom. The van der Waals surface area contributed by atoms with Crippen LogP contribution in [0.1, 0.15) is 114 Å². The summed E-state index contributed by atoms with van der Waals surface area (Å²) in [5.74, 6) is 2.26. The second-order valence-corrected chi connectivity index (χ2v) is 24.5. The van der Waals surface area contributed by atoms with Crippen molar-refractivity contribution in [3.8, 4) is 0 Å². The van der Waals surface area contributed by atoms with Crippen molar-refractivity contribution in [2.45, 2.75) is 162 Å². The summed E-state index contributed by atoms with van der Waals surface area (Å²) >= 11 is 0. The third-order valence-electron chi connectivity index (χ3n) is 11.5. The van der Waals surface area contributed by atoms with Gasteiger partial charge >= 0.3 is 0 Å². The fourth-order valence-electron chi connectivity index (χ4n) is 7.71. The van der Waals surface area contributed by atoms with E-state index in [1.807, 2.05) is 0 Å². The average molecular weight is 541 g/mol. The monoisotopic (exact) mass is 540 g/mol. The van der Waals surface area contributed by atoms with Crippen LogP contribution in [-0.4, -0.2) is 40.1 Å². The minimum Gasteiger partial charge on any atom is -0.414 e. The molecule has 0 amide bonds. The minimum absolute atomic E-state index is 0.101. The molecular formula is C31H64O3Si2. The molecule has 6 atom stereocenters.